The van der Waals surface area contributed by atoms with Gasteiger partial charge in [-0.15, -0.1) is 0 Å². The Morgan fingerprint density at radius 2 is 1.31 bits per heavy atom. The Bertz CT molecular complexity index is 840. The van der Waals surface area contributed by atoms with Crippen LogP contribution in [0.25, 0.3) is 0 Å². The first kappa shape index (κ1) is 22.6. The van der Waals surface area contributed by atoms with E-state index in [2.05, 4.69) is 0 Å². The lowest BCUT2D eigenvalue weighted by atomic mass is 9.78. The predicted octanol–water partition coefficient (Wildman–Crippen LogP) is 6.00. The summed E-state index contributed by atoms with van der Waals surface area (Å²) < 4.78 is 120. The number of hydrogen-bond donors (Lipinski definition) is 1. The maximum Gasteiger partial charge on any atom is 0.416 e. The summed E-state index contributed by atoms with van der Waals surface area (Å²) >= 11 is 0. The van der Waals surface area contributed by atoms with Crippen molar-refractivity contribution in [1.29, 1.82) is 0 Å². The standard InChI is InChI=1S/C18H12F9NO/c19-16(20,21)12-7-4-8-13(9-12)28-14(29)15(17(22,23)24,18(25,26)27)10-11-5-2-1-3-6-11/h1-9H,10H2,(H,28,29). The third kappa shape index (κ3) is 4.65. The second-order valence-electron chi connectivity index (χ2n) is 6.10. The molecule has 158 valence electrons. The van der Waals surface area contributed by atoms with Crippen LogP contribution in [0.15, 0.2) is 54.6 Å². The number of halogens is 9. The fourth-order valence-electron chi connectivity index (χ4n) is 2.61. The molecule has 0 aliphatic rings. The molecule has 0 aliphatic heterocycles. The van der Waals surface area contributed by atoms with Crippen molar-refractivity contribution in [2.45, 2.75) is 24.9 Å². The molecule has 0 saturated carbocycles. The third-order valence-electron chi connectivity index (χ3n) is 4.12. The Labute approximate surface area is 158 Å². The first-order valence-corrected chi connectivity index (χ1v) is 7.84. The van der Waals surface area contributed by atoms with Crippen LogP contribution in [0.5, 0.6) is 0 Å². The van der Waals surface area contributed by atoms with Crippen LogP contribution >= 0.6 is 0 Å². The highest BCUT2D eigenvalue weighted by atomic mass is 19.4. The van der Waals surface area contributed by atoms with Gasteiger partial charge in [-0.05, 0) is 23.8 Å². The van der Waals surface area contributed by atoms with E-state index >= 15 is 0 Å². The molecule has 0 fully saturated rings. The van der Waals surface area contributed by atoms with Gasteiger partial charge in [0.2, 0.25) is 11.3 Å². The van der Waals surface area contributed by atoms with Gasteiger partial charge in [0, 0.05) is 12.1 Å². The van der Waals surface area contributed by atoms with Crippen LogP contribution in [0.3, 0.4) is 0 Å². The summed E-state index contributed by atoms with van der Waals surface area (Å²) in [6.45, 7) is 0. The molecule has 2 nitrogen and oxygen atoms in total. The molecule has 0 saturated heterocycles. The Morgan fingerprint density at radius 1 is 0.759 bits per heavy atom. The normalized spacial score (nSPS) is 13.3. The minimum Gasteiger partial charge on any atom is -0.325 e. The number of anilines is 1. The molecule has 2 rings (SSSR count). The number of benzene rings is 2. The van der Waals surface area contributed by atoms with E-state index in [0.29, 0.717) is 6.07 Å². The van der Waals surface area contributed by atoms with Gasteiger partial charge in [-0.3, -0.25) is 4.79 Å². The number of nitrogens with one attached hydrogen (secondary N) is 1. The highest BCUT2D eigenvalue weighted by Crippen LogP contribution is 2.53. The van der Waals surface area contributed by atoms with Gasteiger partial charge in [-0.25, -0.2) is 0 Å². The van der Waals surface area contributed by atoms with Crippen LogP contribution < -0.4 is 5.32 Å². The maximum absolute atomic E-state index is 13.6. The second-order valence-corrected chi connectivity index (χ2v) is 6.10. The molecule has 11 heteroatoms. The SMILES string of the molecule is O=C(Nc1cccc(C(F)(F)F)c1)C(Cc1ccccc1)(C(F)(F)F)C(F)(F)F. The Kier molecular flexibility index (Phi) is 5.91. The molecule has 0 radical (unpaired) electrons. The summed E-state index contributed by atoms with van der Waals surface area (Å²) in [6, 6.07) is 8.00. The zero-order valence-electron chi connectivity index (χ0n) is 14.2. The third-order valence-corrected chi connectivity index (χ3v) is 4.12. The van der Waals surface area contributed by atoms with Gasteiger partial charge >= 0.3 is 18.5 Å². The summed E-state index contributed by atoms with van der Waals surface area (Å²) in [4.78, 5) is 12.3. The average Bonchev–Trinajstić information content (AvgIpc) is 2.57. The molecule has 1 amide bonds. The molecular formula is C18H12F9NO. The van der Waals surface area contributed by atoms with Crippen molar-refractivity contribution in [1.82, 2.24) is 0 Å². The van der Waals surface area contributed by atoms with E-state index in [9.17, 15) is 44.3 Å². The van der Waals surface area contributed by atoms with Crippen molar-refractivity contribution in [3.63, 3.8) is 0 Å². The van der Waals surface area contributed by atoms with E-state index in [0.717, 1.165) is 24.3 Å². The summed E-state index contributed by atoms with van der Waals surface area (Å²) in [7, 11) is 0. The van der Waals surface area contributed by atoms with Crippen molar-refractivity contribution in [3.8, 4) is 0 Å². The smallest absolute Gasteiger partial charge is 0.325 e. The van der Waals surface area contributed by atoms with Gasteiger partial charge in [0.1, 0.15) is 0 Å². The fraction of sp³-hybridized carbons (Fsp3) is 0.278. The summed E-state index contributed by atoms with van der Waals surface area (Å²) in [5.41, 5.74) is -7.49. The lowest BCUT2D eigenvalue weighted by molar-refractivity contribution is -0.323. The van der Waals surface area contributed by atoms with Gasteiger partial charge < -0.3 is 5.32 Å². The van der Waals surface area contributed by atoms with Crippen LogP contribution in [0.2, 0.25) is 0 Å². The highest BCUT2D eigenvalue weighted by Gasteiger charge is 2.75. The second kappa shape index (κ2) is 7.60. The zero-order valence-corrected chi connectivity index (χ0v) is 14.2. The van der Waals surface area contributed by atoms with Crippen LogP contribution in [0.4, 0.5) is 45.2 Å². The first-order chi connectivity index (χ1) is 13.2. The van der Waals surface area contributed by atoms with Gasteiger partial charge in [0.25, 0.3) is 0 Å². The molecule has 0 aromatic heterocycles. The van der Waals surface area contributed by atoms with E-state index in [1.807, 2.05) is 0 Å². The van der Waals surface area contributed by atoms with Gasteiger partial charge in [-0.1, -0.05) is 36.4 Å². The predicted molar refractivity (Wildman–Crippen MR) is 84.8 cm³/mol. The number of amides is 1. The number of alkyl halides is 9. The molecule has 0 unspecified atom stereocenters. The van der Waals surface area contributed by atoms with Crippen molar-refractivity contribution in [2.24, 2.45) is 5.41 Å². The van der Waals surface area contributed by atoms with E-state index in [1.54, 1.807) is 0 Å². The Morgan fingerprint density at radius 3 is 1.79 bits per heavy atom. The highest BCUT2D eigenvalue weighted by molar-refractivity contribution is 5.97. The quantitative estimate of drug-likeness (QED) is 0.594. The van der Waals surface area contributed by atoms with E-state index < -0.39 is 53.1 Å². The Hall–Kier alpha value is -2.72. The monoisotopic (exact) mass is 429 g/mol. The first-order valence-electron chi connectivity index (χ1n) is 7.84. The van der Waals surface area contributed by atoms with Crippen molar-refractivity contribution < 1.29 is 44.3 Å². The van der Waals surface area contributed by atoms with Crippen LogP contribution in [-0.2, 0) is 17.4 Å². The molecule has 1 N–H and O–H groups in total. The van der Waals surface area contributed by atoms with Crippen LogP contribution in [0.1, 0.15) is 11.1 Å². The number of rotatable bonds is 4. The molecule has 0 aliphatic carbocycles. The average molecular weight is 429 g/mol. The lowest BCUT2D eigenvalue weighted by Crippen LogP contribution is -2.59. The molecule has 2 aromatic rings. The van der Waals surface area contributed by atoms with Crippen LogP contribution in [0, 0.1) is 5.41 Å². The molecular weight excluding hydrogens is 417 g/mol. The molecule has 29 heavy (non-hydrogen) atoms. The van der Waals surface area contributed by atoms with Gasteiger partial charge in [0.15, 0.2) is 0 Å². The largest absolute Gasteiger partial charge is 0.416 e. The zero-order chi connectivity index (χ0) is 22.1. The molecule has 0 bridgehead atoms. The lowest BCUT2D eigenvalue weighted by Gasteiger charge is -2.36. The number of carbonyl (C=O) groups excluding carboxylic acids is 1. The number of hydrogen-bond acceptors (Lipinski definition) is 1. The molecule has 0 spiro atoms. The maximum atomic E-state index is 13.6. The molecule has 0 atom stereocenters. The summed E-state index contributed by atoms with van der Waals surface area (Å²) in [6.07, 6.45) is -18.8. The number of carbonyl (C=O) groups is 1. The minimum atomic E-state index is -6.08. The fourth-order valence-corrected chi connectivity index (χ4v) is 2.61. The molecule has 2 aromatic carbocycles. The van der Waals surface area contributed by atoms with Crippen molar-refractivity contribution in [3.05, 3.63) is 65.7 Å². The van der Waals surface area contributed by atoms with Crippen molar-refractivity contribution >= 4 is 11.6 Å². The van der Waals surface area contributed by atoms with Crippen molar-refractivity contribution in [2.75, 3.05) is 5.32 Å². The van der Waals surface area contributed by atoms with Gasteiger partial charge in [-0.2, -0.15) is 39.5 Å². The summed E-state index contributed by atoms with van der Waals surface area (Å²) in [5, 5.41) is 1.35. The minimum absolute atomic E-state index is 0.248. The van der Waals surface area contributed by atoms with E-state index in [-0.39, 0.29) is 6.07 Å². The summed E-state index contributed by atoms with van der Waals surface area (Å²) in [5.74, 6) is -2.53. The van der Waals surface area contributed by atoms with Gasteiger partial charge in [0.05, 0.1) is 5.56 Å². The Balaban J connectivity index is 2.52. The van der Waals surface area contributed by atoms with E-state index in [4.69, 9.17) is 0 Å². The van der Waals surface area contributed by atoms with Crippen LogP contribution in [-0.4, -0.2) is 18.3 Å². The topological polar surface area (TPSA) is 29.1 Å². The molecule has 0 heterocycles. The van der Waals surface area contributed by atoms with E-state index in [1.165, 1.54) is 23.5 Å².